The number of carbonyl (C=O) groups is 2. The Labute approximate surface area is 117 Å². The van der Waals surface area contributed by atoms with Crippen LogP contribution in [0.5, 0.6) is 0 Å². The van der Waals surface area contributed by atoms with Crippen molar-refractivity contribution in [2.75, 3.05) is 6.54 Å². The zero-order valence-corrected chi connectivity index (χ0v) is 11.1. The summed E-state index contributed by atoms with van der Waals surface area (Å²) in [7, 11) is 0. The minimum absolute atomic E-state index is 0.0735. The highest BCUT2D eigenvalue weighted by molar-refractivity contribution is 5.83. The summed E-state index contributed by atoms with van der Waals surface area (Å²) in [6.45, 7) is 0.548. The van der Waals surface area contributed by atoms with E-state index < -0.39 is 5.97 Å². The number of fused-ring (bicyclic) bond motifs is 1. The van der Waals surface area contributed by atoms with Crippen LogP contribution in [0.1, 0.15) is 24.8 Å². The fourth-order valence-electron chi connectivity index (χ4n) is 2.16. The standard InChI is InChI=1S/C15H18N2O3/c18-14(6-3-7-15(19)20)16-9-8-11-10-17-13-5-2-1-4-12(11)13/h1-2,4-5,10,17H,3,6-9H2,(H,16,18)(H,19,20)/p-1. The van der Waals surface area contributed by atoms with Gasteiger partial charge >= 0.3 is 0 Å². The number of hydrogen-bond donors (Lipinski definition) is 2. The normalized spacial score (nSPS) is 10.6. The molecule has 0 saturated carbocycles. The Bertz CT molecular complexity index is 604. The lowest BCUT2D eigenvalue weighted by molar-refractivity contribution is -0.305. The first-order chi connectivity index (χ1) is 9.66. The average molecular weight is 273 g/mol. The van der Waals surface area contributed by atoms with Crippen molar-refractivity contribution >= 4 is 22.8 Å². The van der Waals surface area contributed by atoms with Crippen LogP contribution in [0.4, 0.5) is 0 Å². The molecule has 0 fully saturated rings. The van der Waals surface area contributed by atoms with E-state index in [-0.39, 0.29) is 18.7 Å². The molecule has 0 saturated heterocycles. The molecule has 1 amide bonds. The van der Waals surface area contributed by atoms with Crippen molar-refractivity contribution in [2.24, 2.45) is 0 Å². The number of aliphatic carboxylic acids is 1. The SMILES string of the molecule is O=C([O-])CCCC(=O)NCCc1c[nH]c2ccccc12. The molecule has 0 radical (unpaired) electrons. The maximum absolute atomic E-state index is 11.5. The van der Waals surface area contributed by atoms with Gasteiger partial charge in [0, 0.05) is 36.0 Å². The van der Waals surface area contributed by atoms with E-state index in [4.69, 9.17) is 0 Å². The first-order valence-electron chi connectivity index (χ1n) is 6.68. The van der Waals surface area contributed by atoms with Gasteiger partial charge in [0.15, 0.2) is 0 Å². The van der Waals surface area contributed by atoms with Gasteiger partial charge in [-0.2, -0.15) is 0 Å². The van der Waals surface area contributed by atoms with Crippen LogP contribution < -0.4 is 10.4 Å². The van der Waals surface area contributed by atoms with E-state index in [1.54, 1.807) is 0 Å². The van der Waals surface area contributed by atoms with Crippen LogP contribution >= 0.6 is 0 Å². The van der Waals surface area contributed by atoms with Gasteiger partial charge in [0.05, 0.1) is 0 Å². The second kappa shape index (κ2) is 6.75. The number of hydrogen-bond acceptors (Lipinski definition) is 3. The van der Waals surface area contributed by atoms with Crippen LogP contribution in [0.15, 0.2) is 30.5 Å². The Kier molecular flexibility index (Phi) is 4.76. The van der Waals surface area contributed by atoms with Crippen LogP contribution in [0.3, 0.4) is 0 Å². The first-order valence-corrected chi connectivity index (χ1v) is 6.68. The molecule has 0 aliphatic rings. The molecular formula is C15H17N2O3-. The van der Waals surface area contributed by atoms with Gasteiger partial charge in [-0.25, -0.2) is 0 Å². The number of carbonyl (C=O) groups excluding carboxylic acids is 2. The molecule has 5 heteroatoms. The molecule has 2 rings (SSSR count). The van der Waals surface area contributed by atoms with Crippen molar-refractivity contribution in [3.63, 3.8) is 0 Å². The number of para-hydroxylation sites is 1. The summed E-state index contributed by atoms with van der Waals surface area (Å²) in [4.78, 5) is 24.9. The molecule has 5 nitrogen and oxygen atoms in total. The summed E-state index contributed by atoms with van der Waals surface area (Å²) in [6.07, 6.45) is 3.17. The van der Waals surface area contributed by atoms with Crippen molar-refractivity contribution in [1.29, 1.82) is 0 Å². The molecule has 0 aliphatic heterocycles. The summed E-state index contributed by atoms with van der Waals surface area (Å²) in [5.74, 6) is -1.23. The largest absolute Gasteiger partial charge is 0.550 e. The molecule has 0 aliphatic carbocycles. The highest BCUT2D eigenvalue weighted by atomic mass is 16.4. The summed E-state index contributed by atoms with van der Waals surface area (Å²) < 4.78 is 0. The lowest BCUT2D eigenvalue weighted by Crippen LogP contribution is -2.26. The Morgan fingerprint density at radius 3 is 2.80 bits per heavy atom. The lowest BCUT2D eigenvalue weighted by atomic mass is 10.1. The Balaban J connectivity index is 1.75. The van der Waals surface area contributed by atoms with Crippen molar-refractivity contribution in [3.05, 3.63) is 36.0 Å². The number of aromatic nitrogens is 1. The predicted molar refractivity (Wildman–Crippen MR) is 73.9 cm³/mol. The van der Waals surface area contributed by atoms with Crippen LogP contribution in [0, 0.1) is 0 Å². The Morgan fingerprint density at radius 2 is 2.00 bits per heavy atom. The maximum Gasteiger partial charge on any atom is 0.220 e. The molecule has 106 valence electrons. The molecule has 2 N–H and O–H groups in total. The quantitative estimate of drug-likeness (QED) is 0.780. The molecule has 0 atom stereocenters. The summed E-state index contributed by atoms with van der Waals surface area (Å²) >= 11 is 0. The predicted octanol–water partition coefficient (Wildman–Crippen LogP) is 0.747. The van der Waals surface area contributed by atoms with Gasteiger partial charge in [-0.15, -0.1) is 0 Å². The van der Waals surface area contributed by atoms with Crippen molar-refractivity contribution in [1.82, 2.24) is 10.3 Å². The molecule has 1 heterocycles. The van der Waals surface area contributed by atoms with E-state index in [2.05, 4.69) is 10.3 Å². The fraction of sp³-hybridized carbons (Fsp3) is 0.333. The fourth-order valence-corrected chi connectivity index (χ4v) is 2.16. The Morgan fingerprint density at radius 1 is 1.20 bits per heavy atom. The Hall–Kier alpha value is -2.30. The third kappa shape index (κ3) is 3.85. The van der Waals surface area contributed by atoms with Gasteiger partial charge in [-0.3, -0.25) is 4.79 Å². The van der Waals surface area contributed by atoms with Gasteiger partial charge in [0.2, 0.25) is 5.91 Å². The van der Waals surface area contributed by atoms with Crippen molar-refractivity contribution in [2.45, 2.75) is 25.7 Å². The van der Waals surface area contributed by atoms with Gasteiger partial charge in [-0.1, -0.05) is 18.2 Å². The van der Waals surface area contributed by atoms with E-state index in [9.17, 15) is 14.7 Å². The summed E-state index contributed by atoms with van der Waals surface area (Å²) in [5, 5.41) is 14.2. The monoisotopic (exact) mass is 273 g/mol. The molecular weight excluding hydrogens is 256 g/mol. The molecule has 1 aromatic heterocycles. The third-order valence-electron chi connectivity index (χ3n) is 3.18. The number of carboxylic acids is 1. The summed E-state index contributed by atoms with van der Waals surface area (Å²) in [5.41, 5.74) is 2.25. The number of H-pyrrole nitrogens is 1. The first kappa shape index (κ1) is 14.1. The van der Waals surface area contributed by atoms with E-state index >= 15 is 0 Å². The molecule has 1 aromatic carbocycles. The number of rotatable bonds is 7. The number of benzene rings is 1. The number of aromatic amines is 1. The van der Waals surface area contributed by atoms with E-state index in [1.165, 1.54) is 5.39 Å². The molecule has 0 bridgehead atoms. The van der Waals surface area contributed by atoms with E-state index in [1.807, 2.05) is 30.5 Å². The van der Waals surface area contributed by atoms with Gasteiger partial charge in [0.1, 0.15) is 0 Å². The number of nitrogens with one attached hydrogen (secondary N) is 2. The van der Waals surface area contributed by atoms with Gasteiger partial charge < -0.3 is 20.2 Å². The van der Waals surface area contributed by atoms with Crippen LogP contribution in [-0.4, -0.2) is 23.4 Å². The number of carboxylic acid groups (broad SMARTS) is 1. The third-order valence-corrected chi connectivity index (χ3v) is 3.18. The summed E-state index contributed by atoms with van der Waals surface area (Å²) in [6, 6.07) is 8.01. The topological polar surface area (TPSA) is 85.0 Å². The van der Waals surface area contributed by atoms with E-state index in [0.717, 1.165) is 17.5 Å². The molecule has 20 heavy (non-hydrogen) atoms. The number of amides is 1. The minimum Gasteiger partial charge on any atom is -0.550 e. The van der Waals surface area contributed by atoms with Crippen LogP contribution in [0.2, 0.25) is 0 Å². The van der Waals surface area contributed by atoms with Crippen molar-refractivity contribution in [3.8, 4) is 0 Å². The second-order valence-corrected chi connectivity index (χ2v) is 4.69. The second-order valence-electron chi connectivity index (χ2n) is 4.69. The lowest BCUT2D eigenvalue weighted by Gasteiger charge is -2.05. The van der Waals surface area contributed by atoms with Gasteiger partial charge in [0.25, 0.3) is 0 Å². The molecule has 0 spiro atoms. The smallest absolute Gasteiger partial charge is 0.220 e. The molecule has 2 aromatic rings. The maximum atomic E-state index is 11.5. The van der Waals surface area contributed by atoms with E-state index in [0.29, 0.717) is 13.0 Å². The minimum atomic E-state index is -1.11. The van der Waals surface area contributed by atoms with Crippen molar-refractivity contribution < 1.29 is 14.7 Å². The zero-order chi connectivity index (χ0) is 14.4. The molecule has 0 unspecified atom stereocenters. The van der Waals surface area contributed by atoms with Crippen LogP contribution in [0.25, 0.3) is 10.9 Å². The highest BCUT2D eigenvalue weighted by Crippen LogP contribution is 2.17. The van der Waals surface area contributed by atoms with Crippen LogP contribution in [-0.2, 0) is 16.0 Å². The zero-order valence-electron chi connectivity index (χ0n) is 11.1. The average Bonchev–Trinajstić information content (AvgIpc) is 2.82. The van der Waals surface area contributed by atoms with Gasteiger partial charge in [-0.05, 0) is 30.9 Å². The highest BCUT2D eigenvalue weighted by Gasteiger charge is 2.04.